The monoisotopic (exact) mass is 370 g/mol. The lowest BCUT2D eigenvalue weighted by Gasteiger charge is -2.05. The summed E-state index contributed by atoms with van der Waals surface area (Å²) in [5, 5.41) is 11.1. The van der Waals surface area contributed by atoms with Gasteiger partial charge in [0.1, 0.15) is 0 Å². The first kappa shape index (κ1) is 15.9. The van der Waals surface area contributed by atoms with E-state index >= 15 is 0 Å². The minimum absolute atomic E-state index is 0.0560. The molecule has 7 nitrogen and oxygen atoms in total. The van der Waals surface area contributed by atoms with Gasteiger partial charge in [0.15, 0.2) is 11.6 Å². The smallest absolute Gasteiger partial charge is 0.284 e. The highest BCUT2D eigenvalue weighted by Gasteiger charge is 2.14. The summed E-state index contributed by atoms with van der Waals surface area (Å²) in [4.78, 5) is 15.8. The van der Waals surface area contributed by atoms with E-state index in [1.807, 2.05) is 0 Å². The number of amides is 1. The molecule has 23 heavy (non-hydrogen) atoms. The molecule has 0 fully saturated rings. The second kappa shape index (κ2) is 7.03. The molecular weight excluding hydrogens is 363 g/mol. The Bertz CT molecular complexity index is 823. The lowest BCUT2D eigenvalue weighted by molar-refractivity contribution is -0.113. The van der Waals surface area contributed by atoms with Crippen molar-refractivity contribution in [2.75, 3.05) is 11.1 Å². The molecule has 0 atom stereocenters. The van der Waals surface area contributed by atoms with Crippen molar-refractivity contribution in [3.8, 4) is 11.7 Å². The Morgan fingerprint density at radius 2 is 2.22 bits per heavy atom. The van der Waals surface area contributed by atoms with Crippen molar-refractivity contribution < 1.29 is 13.6 Å². The molecule has 1 amide bonds. The van der Waals surface area contributed by atoms with E-state index in [0.29, 0.717) is 10.8 Å². The predicted octanol–water partition coefficient (Wildman–Crippen LogP) is 3.76. The summed E-state index contributed by atoms with van der Waals surface area (Å²) in [5.41, 5.74) is 0. The summed E-state index contributed by atoms with van der Waals surface area (Å²) in [7, 11) is 0. The summed E-state index contributed by atoms with van der Waals surface area (Å²) in [6.45, 7) is 0. The maximum absolute atomic E-state index is 11.9. The maximum atomic E-state index is 11.9. The van der Waals surface area contributed by atoms with E-state index in [2.05, 4.69) is 20.5 Å². The average Bonchev–Trinajstić information content (AvgIpc) is 3.18. The minimum Gasteiger partial charge on any atom is -0.459 e. The Labute approximate surface area is 144 Å². The highest BCUT2D eigenvalue weighted by atomic mass is 35.5. The van der Waals surface area contributed by atoms with E-state index in [0.717, 1.165) is 11.8 Å². The Hall–Kier alpha value is -2.03. The molecule has 0 bridgehead atoms. The molecule has 1 N–H and O–H groups in total. The largest absolute Gasteiger partial charge is 0.459 e. The Kier molecular flexibility index (Phi) is 4.85. The molecule has 3 aromatic heterocycles. The van der Waals surface area contributed by atoms with Crippen molar-refractivity contribution in [3.63, 3.8) is 0 Å². The van der Waals surface area contributed by atoms with Gasteiger partial charge in [0, 0.05) is 6.20 Å². The van der Waals surface area contributed by atoms with Gasteiger partial charge in [0.2, 0.25) is 5.91 Å². The zero-order chi connectivity index (χ0) is 16.2. The number of furan rings is 1. The number of pyridine rings is 1. The van der Waals surface area contributed by atoms with Gasteiger partial charge in [0.05, 0.1) is 22.1 Å². The van der Waals surface area contributed by atoms with Crippen LogP contribution in [-0.2, 0) is 4.79 Å². The van der Waals surface area contributed by atoms with Gasteiger partial charge in [-0.2, -0.15) is 0 Å². The van der Waals surface area contributed by atoms with Gasteiger partial charge in [-0.3, -0.25) is 4.79 Å². The highest BCUT2D eigenvalue weighted by molar-refractivity contribution is 7.99. The zero-order valence-corrected chi connectivity index (χ0v) is 13.7. The van der Waals surface area contributed by atoms with E-state index in [1.165, 1.54) is 18.5 Å². The third-order valence-electron chi connectivity index (χ3n) is 2.53. The standard InChI is InChI=1S/C13H8Cl2N4O3S/c14-7-4-8(15)11(16-5-7)17-10(20)6-23-13-19-18-12(22-13)9-2-1-3-21-9/h1-5H,6H2,(H,16,17,20). The summed E-state index contributed by atoms with van der Waals surface area (Å²) in [5.74, 6) is 0.694. The van der Waals surface area contributed by atoms with Crippen LogP contribution >= 0.6 is 35.0 Å². The van der Waals surface area contributed by atoms with Gasteiger partial charge >= 0.3 is 0 Å². The summed E-state index contributed by atoms with van der Waals surface area (Å²) < 4.78 is 10.5. The number of thioether (sulfide) groups is 1. The number of anilines is 1. The van der Waals surface area contributed by atoms with Crippen LogP contribution in [0.3, 0.4) is 0 Å². The van der Waals surface area contributed by atoms with E-state index in [1.54, 1.807) is 12.1 Å². The van der Waals surface area contributed by atoms with Crippen molar-refractivity contribution in [3.05, 3.63) is 40.7 Å². The van der Waals surface area contributed by atoms with Gasteiger partial charge in [0.25, 0.3) is 11.1 Å². The van der Waals surface area contributed by atoms with E-state index in [4.69, 9.17) is 32.0 Å². The van der Waals surface area contributed by atoms with Crippen LogP contribution in [0.2, 0.25) is 10.0 Å². The maximum Gasteiger partial charge on any atom is 0.284 e. The Morgan fingerprint density at radius 3 is 2.96 bits per heavy atom. The Balaban J connectivity index is 1.57. The number of rotatable bonds is 5. The lowest BCUT2D eigenvalue weighted by atomic mass is 10.4. The predicted molar refractivity (Wildman–Crippen MR) is 85.6 cm³/mol. The minimum atomic E-state index is -0.315. The topological polar surface area (TPSA) is 94.0 Å². The molecule has 0 aliphatic heterocycles. The molecule has 0 spiro atoms. The third kappa shape index (κ3) is 4.04. The molecule has 10 heteroatoms. The average molecular weight is 371 g/mol. The Morgan fingerprint density at radius 1 is 1.35 bits per heavy atom. The molecule has 0 aliphatic rings. The molecule has 0 saturated carbocycles. The molecule has 118 valence electrons. The van der Waals surface area contributed by atoms with Crippen molar-refractivity contribution in [2.45, 2.75) is 5.22 Å². The number of carbonyl (C=O) groups is 1. The van der Waals surface area contributed by atoms with Crippen LogP contribution in [0.5, 0.6) is 0 Å². The van der Waals surface area contributed by atoms with Gasteiger partial charge in [-0.25, -0.2) is 4.98 Å². The third-order valence-corrected chi connectivity index (χ3v) is 3.84. The van der Waals surface area contributed by atoms with Gasteiger partial charge in [-0.05, 0) is 18.2 Å². The van der Waals surface area contributed by atoms with Gasteiger partial charge in [-0.15, -0.1) is 10.2 Å². The number of hydrogen-bond donors (Lipinski definition) is 1. The number of halogens is 2. The first-order valence-corrected chi connectivity index (χ1v) is 7.97. The number of hydrogen-bond acceptors (Lipinski definition) is 7. The molecule has 3 aromatic rings. The van der Waals surface area contributed by atoms with Crippen LogP contribution in [0.15, 0.2) is 44.7 Å². The first-order valence-electron chi connectivity index (χ1n) is 6.23. The van der Waals surface area contributed by atoms with Crippen molar-refractivity contribution in [1.82, 2.24) is 15.2 Å². The number of nitrogens with one attached hydrogen (secondary N) is 1. The van der Waals surface area contributed by atoms with Gasteiger partial charge < -0.3 is 14.2 Å². The number of nitrogens with zero attached hydrogens (tertiary/aromatic N) is 3. The van der Waals surface area contributed by atoms with Crippen LogP contribution in [0.1, 0.15) is 0 Å². The van der Waals surface area contributed by atoms with Crippen molar-refractivity contribution in [1.29, 1.82) is 0 Å². The number of aromatic nitrogens is 3. The fraction of sp³-hybridized carbons (Fsp3) is 0.0769. The van der Waals surface area contributed by atoms with Crippen LogP contribution in [0.25, 0.3) is 11.7 Å². The van der Waals surface area contributed by atoms with Crippen LogP contribution < -0.4 is 5.32 Å². The molecule has 0 unspecified atom stereocenters. The quantitative estimate of drug-likeness (QED) is 0.683. The van der Waals surface area contributed by atoms with Gasteiger partial charge in [-0.1, -0.05) is 35.0 Å². The molecule has 0 aromatic carbocycles. The fourth-order valence-corrected chi connectivity index (χ4v) is 2.56. The van der Waals surface area contributed by atoms with E-state index in [-0.39, 0.29) is 33.6 Å². The highest BCUT2D eigenvalue weighted by Crippen LogP contribution is 2.25. The van der Waals surface area contributed by atoms with Crippen LogP contribution in [0, 0.1) is 0 Å². The molecule has 3 heterocycles. The summed E-state index contributed by atoms with van der Waals surface area (Å²) >= 11 is 12.8. The molecule has 0 radical (unpaired) electrons. The van der Waals surface area contributed by atoms with E-state index in [9.17, 15) is 4.79 Å². The molecular formula is C13H8Cl2N4O3S. The zero-order valence-electron chi connectivity index (χ0n) is 11.3. The summed E-state index contributed by atoms with van der Waals surface area (Å²) in [6.07, 6.45) is 2.90. The van der Waals surface area contributed by atoms with E-state index < -0.39 is 0 Å². The van der Waals surface area contributed by atoms with Crippen molar-refractivity contribution in [2.24, 2.45) is 0 Å². The lowest BCUT2D eigenvalue weighted by Crippen LogP contribution is -2.15. The summed E-state index contributed by atoms with van der Waals surface area (Å²) in [6, 6.07) is 4.90. The normalized spacial score (nSPS) is 10.7. The second-order valence-corrected chi connectivity index (χ2v) is 5.94. The second-order valence-electron chi connectivity index (χ2n) is 4.17. The fourth-order valence-electron chi connectivity index (χ4n) is 1.57. The molecule has 0 saturated heterocycles. The molecule has 3 rings (SSSR count). The SMILES string of the molecule is O=C(CSc1nnc(-c2ccco2)o1)Nc1ncc(Cl)cc1Cl. The first-order chi connectivity index (χ1) is 11.1. The van der Waals surface area contributed by atoms with Crippen LogP contribution in [0.4, 0.5) is 5.82 Å². The molecule has 0 aliphatic carbocycles. The van der Waals surface area contributed by atoms with Crippen LogP contribution in [-0.4, -0.2) is 26.8 Å². The van der Waals surface area contributed by atoms with Crippen molar-refractivity contribution >= 4 is 46.7 Å². The number of carbonyl (C=O) groups excluding carboxylic acids is 1.